The highest BCUT2D eigenvalue weighted by molar-refractivity contribution is 5.15. The predicted octanol–water partition coefficient (Wildman–Crippen LogP) is 2.81. The normalized spacial score (nSPS) is 25.5. The van der Waals surface area contributed by atoms with E-state index < -0.39 is 0 Å². The fraction of sp³-hybridized carbons (Fsp3) is 0.500. The topological polar surface area (TPSA) is 27.0 Å². The zero-order chi connectivity index (χ0) is 11.4. The molecule has 1 aliphatic rings. The molecule has 0 amide bonds. The Balaban J connectivity index is 1.95. The predicted molar refractivity (Wildman–Crippen MR) is 64.7 cm³/mol. The highest BCUT2D eigenvalue weighted by atomic mass is 15.2. The maximum Gasteiger partial charge on any atom is 0.0625 e. The Bertz CT molecular complexity index is 366. The van der Waals surface area contributed by atoms with E-state index in [9.17, 15) is 0 Å². The molecule has 0 bridgehead atoms. The molecule has 0 N–H and O–H groups in total. The van der Waals surface area contributed by atoms with Gasteiger partial charge in [0.2, 0.25) is 0 Å². The first-order chi connectivity index (χ1) is 7.81. The Morgan fingerprint density at radius 2 is 2.12 bits per heavy atom. The highest BCUT2D eigenvalue weighted by Crippen LogP contribution is 2.27. The molecule has 0 saturated carbocycles. The summed E-state index contributed by atoms with van der Waals surface area (Å²) in [6.45, 7) is 4.39. The van der Waals surface area contributed by atoms with Crippen LogP contribution in [-0.4, -0.2) is 17.5 Å². The van der Waals surface area contributed by atoms with Crippen LogP contribution in [-0.2, 0) is 6.54 Å². The van der Waals surface area contributed by atoms with Crippen molar-refractivity contribution in [2.45, 2.75) is 32.4 Å². The lowest BCUT2D eigenvalue weighted by Gasteiger charge is -2.23. The summed E-state index contributed by atoms with van der Waals surface area (Å²) in [6.07, 6.45) is 1.87. The molecular weight excluding hydrogens is 196 g/mol. The van der Waals surface area contributed by atoms with Crippen LogP contribution in [0.4, 0.5) is 0 Å². The van der Waals surface area contributed by atoms with Crippen LogP contribution in [0.3, 0.4) is 0 Å². The van der Waals surface area contributed by atoms with Crippen molar-refractivity contribution in [2.75, 3.05) is 6.54 Å². The lowest BCUT2D eigenvalue weighted by molar-refractivity contribution is 0.235. The van der Waals surface area contributed by atoms with Crippen LogP contribution in [0.25, 0.3) is 0 Å². The average molecular weight is 214 g/mol. The van der Waals surface area contributed by atoms with Gasteiger partial charge in [0.25, 0.3) is 0 Å². The van der Waals surface area contributed by atoms with Crippen LogP contribution in [0.15, 0.2) is 30.3 Å². The summed E-state index contributed by atoms with van der Waals surface area (Å²) < 4.78 is 0. The molecule has 84 valence electrons. The first-order valence-corrected chi connectivity index (χ1v) is 5.96. The smallest absolute Gasteiger partial charge is 0.0625 e. The first-order valence-electron chi connectivity index (χ1n) is 5.96. The van der Waals surface area contributed by atoms with Gasteiger partial charge in [-0.25, -0.2) is 0 Å². The zero-order valence-electron chi connectivity index (χ0n) is 9.76. The van der Waals surface area contributed by atoms with Crippen LogP contribution in [0.5, 0.6) is 0 Å². The van der Waals surface area contributed by atoms with Gasteiger partial charge in [-0.3, -0.25) is 4.90 Å². The largest absolute Gasteiger partial charge is 0.296 e. The summed E-state index contributed by atoms with van der Waals surface area (Å²) in [5, 5.41) is 8.75. The highest BCUT2D eigenvalue weighted by Gasteiger charge is 2.29. The van der Waals surface area contributed by atoms with E-state index in [0.717, 1.165) is 13.1 Å². The van der Waals surface area contributed by atoms with Crippen molar-refractivity contribution in [3.63, 3.8) is 0 Å². The van der Waals surface area contributed by atoms with Gasteiger partial charge in [0, 0.05) is 19.0 Å². The number of likely N-dealkylation sites (tertiary alicyclic amines) is 1. The molecule has 1 aromatic rings. The number of nitriles is 1. The van der Waals surface area contributed by atoms with Crippen molar-refractivity contribution in [1.29, 1.82) is 5.26 Å². The Morgan fingerprint density at radius 1 is 1.38 bits per heavy atom. The molecule has 1 fully saturated rings. The lowest BCUT2D eigenvalue weighted by atomic mass is 9.99. The van der Waals surface area contributed by atoms with Gasteiger partial charge in [-0.15, -0.1) is 0 Å². The molecule has 1 aliphatic heterocycles. The van der Waals surface area contributed by atoms with E-state index in [1.165, 1.54) is 12.0 Å². The molecule has 1 saturated heterocycles. The minimum absolute atomic E-state index is 0.542. The van der Waals surface area contributed by atoms with Gasteiger partial charge in [0.1, 0.15) is 0 Å². The second-order valence-electron chi connectivity index (χ2n) is 4.61. The fourth-order valence-corrected chi connectivity index (χ4v) is 2.51. The van der Waals surface area contributed by atoms with Crippen molar-refractivity contribution < 1.29 is 0 Å². The maximum absolute atomic E-state index is 8.75. The van der Waals surface area contributed by atoms with Crippen LogP contribution in [0.2, 0.25) is 0 Å². The lowest BCUT2D eigenvalue weighted by Crippen LogP contribution is -2.29. The molecule has 0 spiro atoms. The minimum atomic E-state index is 0.542. The molecule has 0 radical (unpaired) electrons. The average Bonchev–Trinajstić information content (AvgIpc) is 2.64. The maximum atomic E-state index is 8.75. The van der Waals surface area contributed by atoms with E-state index >= 15 is 0 Å². The van der Waals surface area contributed by atoms with Crippen molar-refractivity contribution >= 4 is 0 Å². The summed E-state index contributed by atoms with van der Waals surface area (Å²) in [4.78, 5) is 2.48. The SMILES string of the molecule is CC1C(CC#N)CCN1Cc1ccccc1. The van der Waals surface area contributed by atoms with E-state index in [2.05, 4.69) is 48.2 Å². The van der Waals surface area contributed by atoms with E-state index in [1.54, 1.807) is 0 Å². The summed E-state index contributed by atoms with van der Waals surface area (Å²) in [5.74, 6) is 0.564. The van der Waals surface area contributed by atoms with Crippen molar-refractivity contribution in [1.82, 2.24) is 4.90 Å². The first kappa shape index (κ1) is 11.2. The molecule has 2 atom stereocenters. The molecule has 1 aromatic carbocycles. The van der Waals surface area contributed by atoms with Crippen molar-refractivity contribution in [3.05, 3.63) is 35.9 Å². The van der Waals surface area contributed by atoms with Gasteiger partial charge in [-0.2, -0.15) is 5.26 Å². The number of rotatable bonds is 3. The van der Waals surface area contributed by atoms with Gasteiger partial charge < -0.3 is 0 Å². The molecular formula is C14H18N2. The van der Waals surface area contributed by atoms with E-state index in [1.807, 2.05) is 0 Å². The Hall–Kier alpha value is -1.33. The van der Waals surface area contributed by atoms with Crippen LogP contribution in [0, 0.1) is 17.2 Å². The summed E-state index contributed by atoms with van der Waals surface area (Å²) >= 11 is 0. The van der Waals surface area contributed by atoms with E-state index in [-0.39, 0.29) is 0 Å². The molecule has 16 heavy (non-hydrogen) atoms. The number of benzene rings is 1. The standard InChI is InChI=1S/C14H18N2/c1-12-14(7-9-15)8-10-16(12)11-13-5-3-2-4-6-13/h2-6,12,14H,7-8,10-11H2,1H3. The molecule has 0 aliphatic carbocycles. The number of hydrogen-bond acceptors (Lipinski definition) is 2. The molecule has 0 aromatic heterocycles. The van der Waals surface area contributed by atoms with Crippen LogP contribution >= 0.6 is 0 Å². The van der Waals surface area contributed by atoms with Gasteiger partial charge in [-0.1, -0.05) is 30.3 Å². The van der Waals surface area contributed by atoms with Crippen LogP contribution < -0.4 is 0 Å². The number of nitrogens with zero attached hydrogens (tertiary/aromatic N) is 2. The Kier molecular flexibility index (Phi) is 3.58. The molecule has 2 rings (SSSR count). The van der Waals surface area contributed by atoms with Crippen LogP contribution in [0.1, 0.15) is 25.3 Å². The third kappa shape index (κ3) is 2.43. The summed E-state index contributed by atoms with van der Waals surface area (Å²) in [6, 6.07) is 13.4. The quantitative estimate of drug-likeness (QED) is 0.773. The molecule has 2 unspecified atom stereocenters. The Labute approximate surface area is 97.5 Å². The third-order valence-electron chi connectivity index (χ3n) is 3.63. The summed E-state index contributed by atoms with van der Waals surface area (Å²) in [5.41, 5.74) is 1.37. The third-order valence-corrected chi connectivity index (χ3v) is 3.63. The molecule has 1 heterocycles. The fourth-order valence-electron chi connectivity index (χ4n) is 2.51. The minimum Gasteiger partial charge on any atom is -0.296 e. The van der Waals surface area contributed by atoms with Gasteiger partial charge in [0.05, 0.1) is 6.07 Å². The van der Waals surface area contributed by atoms with E-state index in [4.69, 9.17) is 5.26 Å². The van der Waals surface area contributed by atoms with Gasteiger partial charge in [0.15, 0.2) is 0 Å². The Morgan fingerprint density at radius 3 is 2.81 bits per heavy atom. The van der Waals surface area contributed by atoms with Gasteiger partial charge in [-0.05, 0) is 31.4 Å². The zero-order valence-corrected chi connectivity index (χ0v) is 9.76. The summed E-state index contributed by atoms with van der Waals surface area (Å²) in [7, 11) is 0. The monoisotopic (exact) mass is 214 g/mol. The van der Waals surface area contributed by atoms with Crippen molar-refractivity contribution in [3.8, 4) is 6.07 Å². The second kappa shape index (κ2) is 5.14. The van der Waals surface area contributed by atoms with Crippen molar-refractivity contribution in [2.24, 2.45) is 5.92 Å². The molecule has 2 heteroatoms. The van der Waals surface area contributed by atoms with E-state index in [0.29, 0.717) is 18.4 Å². The number of hydrogen-bond donors (Lipinski definition) is 0. The molecule has 2 nitrogen and oxygen atoms in total. The van der Waals surface area contributed by atoms with Gasteiger partial charge >= 0.3 is 0 Å². The second-order valence-corrected chi connectivity index (χ2v) is 4.61.